The average molecular weight is 579 g/mol. The van der Waals surface area contributed by atoms with Crippen molar-refractivity contribution in [1.29, 1.82) is 0 Å². The maximum atomic E-state index is 13.2. The van der Waals surface area contributed by atoms with E-state index in [1.165, 1.54) is 36.4 Å². The third kappa shape index (κ3) is 7.09. The number of aryl methyl sites for hydroxylation is 1. The van der Waals surface area contributed by atoms with Gasteiger partial charge in [0, 0.05) is 35.2 Å². The van der Waals surface area contributed by atoms with Crippen LogP contribution in [0.15, 0.2) is 72.8 Å². The lowest BCUT2D eigenvalue weighted by Crippen LogP contribution is -2.42. The molecular formula is C30H28ClFN4O5. The second kappa shape index (κ2) is 12.6. The van der Waals surface area contributed by atoms with Crippen LogP contribution in [0, 0.1) is 12.7 Å². The molecule has 212 valence electrons. The highest BCUT2D eigenvalue weighted by Crippen LogP contribution is 2.31. The zero-order valence-electron chi connectivity index (χ0n) is 22.5. The van der Waals surface area contributed by atoms with Crippen LogP contribution in [-0.4, -0.2) is 38.9 Å². The molecule has 2 unspecified atom stereocenters. The van der Waals surface area contributed by atoms with Gasteiger partial charge in [0.15, 0.2) is 0 Å². The summed E-state index contributed by atoms with van der Waals surface area (Å²) in [5.41, 5.74) is 3.65. The van der Waals surface area contributed by atoms with E-state index in [1.807, 2.05) is 0 Å². The first kappa shape index (κ1) is 29.3. The van der Waals surface area contributed by atoms with E-state index in [0.717, 1.165) is 0 Å². The van der Waals surface area contributed by atoms with E-state index in [1.54, 1.807) is 62.0 Å². The van der Waals surface area contributed by atoms with Crippen molar-refractivity contribution in [2.24, 2.45) is 7.05 Å². The van der Waals surface area contributed by atoms with E-state index in [4.69, 9.17) is 16.3 Å². The molecule has 9 nitrogen and oxygen atoms in total. The van der Waals surface area contributed by atoms with Gasteiger partial charge in [0.2, 0.25) is 0 Å². The molecule has 41 heavy (non-hydrogen) atoms. The van der Waals surface area contributed by atoms with Gasteiger partial charge in [-0.2, -0.15) is 5.10 Å². The summed E-state index contributed by atoms with van der Waals surface area (Å²) in [5, 5.41) is 19.9. The molecule has 4 aromatic rings. The summed E-state index contributed by atoms with van der Waals surface area (Å²) < 4.78 is 20.3. The summed E-state index contributed by atoms with van der Waals surface area (Å²) in [5.74, 6) is -2.23. The Morgan fingerprint density at radius 2 is 1.71 bits per heavy atom. The van der Waals surface area contributed by atoms with Gasteiger partial charge in [0.05, 0.1) is 11.4 Å². The molecule has 11 heteroatoms. The molecule has 3 aromatic carbocycles. The molecular weight excluding hydrogens is 551 g/mol. The lowest BCUT2D eigenvalue weighted by molar-refractivity contribution is -0.139. The fourth-order valence-corrected chi connectivity index (χ4v) is 4.49. The summed E-state index contributed by atoms with van der Waals surface area (Å²) in [6, 6.07) is 17.7. The number of aliphatic carboxylic acids is 1. The van der Waals surface area contributed by atoms with Crippen LogP contribution >= 0.6 is 11.6 Å². The van der Waals surface area contributed by atoms with Crippen molar-refractivity contribution in [3.63, 3.8) is 0 Å². The van der Waals surface area contributed by atoms with Crippen molar-refractivity contribution in [3.8, 4) is 11.3 Å². The van der Waals surface area contributed by atoms with Crippen molar-refractivity contribution in [2.45, 2.75) is 32.4 Å². The molecule has 0 fully saturated rings. The summed E-state index contributed by atoms with van der Waals surface area (Å²) in [7, 11) is 1.73. The van der Waals surface area contributed by atoms with Crippen molar-refractivity contribution >= 4 is 35.3 Å². The Morgan fingerprint density at radius 3 is 2.34 bits per heavy atom. The number of carbonyl (C=O) groups is 3. The number of carbonyl (C=O) groups excluding carboxylic acids is 2. The number of aromatic nitrogens is 2. The largest absolute Gasteiger partial charge is 0.480 e. The van der Waals surface area contributed by atoms with Crippen LogP contribution in [0.4, 0.5) is 14.9 Å². The van der Waals surface area contributed by atoms with Gasteiger partial charge in [-0.05, 0) is 49.7 Å². The van der Waals surface area contributed by atoms with Crippen LogP contribution in [0.1, 0.15) is 40.2 Å². The number of carboxylic acids is 1. The molecule has 4 rings (SSSR count). The summed E-state index contributed by atoms with van der Waals surface area (Å²) in [6.07, 6.45) is -1.29. The van der Waals surface area contributed by atoms with Crippen LogP contribution in [0.3, 0.4) is 0 Å². The Kier molecular flexibility index (Phi) is 9.04. The number of nitrogens with one attached hydrogen (secondary N) is 2. The number of benzene rings is 3. The molecule has 0 saturated heterocycles. The first-order valence-corrected chi connectivity index (χ1v) is 13.1. The van der Waals surface area contributed by atoms with E-state index < -0.39 is 35.9 Å². The fourth-order valence-electron chi connectivity index (χ4n) is 4.20. The normalized spacial score (nSPS) is 12.3. The molecule has 0 aliphatic rings. The van der Waals surface area contributed by atoms with Crippen molar-refractivity contribution in [1.82, 2.24) is 15.1 Å². The van der Waals surface area contributed by atoms with Gasteiger partial charge in [-0.15, -0.1) is 0 Å². The zero-order valence-corrected chi connectivity index (χ0v) is 23.3. The van der Waals surface area contributed by atoms with Crippen LogP contribution in [0.5, 0.6) is 0 Å². The standard InChI is InChI=1S/C30H28ClFN4O5/c1-17-26(34-30(40)41-18(2)23-6-4-5-7-24(23)31)27(35-36(17)3)20-10-12-21(13-11-20)28(37)33-25(29(38)39)16-19-8-14-22(32)15-9-19/h4-15,18,25H,16H2,1-3H3,(H,33,37)(H,34,40)(H,38,39). The van der Waals surface area contributed by atoms with Gasteiger partial charge in [-0.25, -0.2) is 14.0 Å². The summed E-state index contributed by atoms with van der Waals surface area (Å²) >= 11 is 6.22. The van der Waals surface area contributed by atoms with Gasteiger partial charge < -0.3 is 15.2 Å². The second-order valence-electron chi connectivity index (χ2n) is 9.40. The zero-order chi connectivity index (χ0) is 29.7. The third-order valence-electron chi connectivity index (χ3n) is 6.57. The number of nitrogens with zero attached hydrogens (tertiary/aromatic N) is 2. The number of amides is 2. The topological polar surface area (TPSA) is 123 Å². The number of hydrogen-bond acceptors (Lipinski definition) is 5. The lowest BCUT2D eigenvalue weighted by Gasteiger charge is -2.16. The lowest BCUT2D eigenvalue weighted by atomic mass is 10.0. The van der Waals surface area contributed by atoms with Gasteiger partial charge in [0.1, 0.15) is 23.7 Å². The van der Waals surface area contributed by atoms with Crippen LogP contribution in [-0.2, 0) is 23.0 Å². The molecule has 0 radical (unpaired) electrons. The highest BCUT2D eigenvalue weighted by molar-refractivity contribution is 6.31. The molecule has 1 aromatic heterocycles. The van der Waals surface area contributed by atoms with E-state index in [0.29, 0.717) is 38.8 Å². The monoisotopic (exact) mass is 578 g/mol. The summed E-state index contributed by atoms with van der Waals surface area (Å²) in [4.78, 5) is 37.3. The molecule has 2 amide bonds. The van der Waals surface area contributed by atoms with Gasteiger partial charge in [-0.1, -0.05) is 54.1 Å². The number of anilines is 1. The Bertz CT molecular complexity index is 1570. The molecule has 0 aliphatic carbocycles. The predicted octanol–water partition coefficient (Wildman–Crippen LogP) is 5.92. The Morgan fingerprint density at radius 1 is 1.05 bits per heavy atom. The van der Waals surface area contributed by atoms with E-state index in [9.17, 15) is 23.9 Å². The van der Waals surface area contributed by atoms with Crippen molar-refractivity contribution < 1.29 is 28.6 Å². The number of ether oxygens (including phenoxy) is 1. The number of hydrogen-bond donors (Lipinski definition) is 3. The van der Waals surface area contributed by atoms with Crippen LogP contribution in [0.2, 0.25) is 5.02 Å². The third-order valence-corrected chi connectivity index (χ3v) is 6.91. The highest BCUT2D eigenvalue weighted by Gasteiger charge is 2.23. The van der Waals surface area contributed by atoms with Gasteiger partial charge in [0.25, 0.3) is 5.91 Å². The van der Waals surface area contributed by atoms with E-state index in [-0.39, 0.29) is 12.0 Å². The smallest absolute Gasteiger partial charge is 0.412 e. The quantitative estimate of drug-likeness (QED) is 0.226. The molecule has 0 saturated carbocycles. The Labute approximate surface area is 240 Å². The first-order valence-electron chi connectivity index (χ1n) is 12.7. The maximum Gasteiger partial charge on any atom is 0.412 e. The molecule has 0 aliphatic heterocycles. The highest BCUT2D eigenvalue weighted by atomic mass is 35.5. The van der Waals surface area contributed by atoms with Crippen LogP contribution in [0.25, 0.3) is 11.3 Å². The van der Waals surface area contributed by atoms with E-state index >= 15 is 0 Å². The average Bonchev–Trinajstić information content (AvgIpc) is 3.22. The molecule has 0 bridgehead atoms. The Hall–Kier alpha value is -4.70. The minimum absolute atomic E-state index is 0.00707. The predicted molar refractivity (Wildman–Crippen MR) is 152 cm³/mol. The minimum Gasteiger partial charge on any atom is -0.480 e. The maximum absolute atomic E-state index is 13.2. The van der Waals surface area contributed by atoms with Crippen molar-refractivity contribution in [3.05, 3.63) is 106 Å². The molecule has 0 spiro atoms. The SMILES string of the molecule is Cc1c(NC(=O)OC(C)c2ccccc2Cl)c(-c2ccc(C(=O)NC(Cc3ccc(F)cc3)C(=O)O)cc2)nn1C. The number of carboxylic acid groups (broad SMARTS) is 1. The van der Waals surface area contributed by atoms with Crippen molar-refractivity contribution in [2.75, 3.05) is 5.32 Å². The molecule has 2 atom stereocenters. The fraction of sp³-hybridized carbons (Fsp3) is 0.200. The number of halogens is 2. The summed E-state index contributed by atoms with van der Waals surface area (Å²) in [6.45, 7) is 3.51. The van der Waals surface area contributed by atoms with Crippen LogP contribution < -0.4 is 10.6 Å². The number of rotatable bonds is 9. The minimum atomic E-state index is -1.21. The second-order valence-corrected chi connectivity index (χ2v) is 9.81. The Balaban J connectivity index is 1.47. The van der Waals surface area contributed by atoms with Gasteiger partial charge in [-0.3, -0.25) is 14.8 Å². The molecule has 1 heterocycles. The van der Waals surface area contributed by atoms with Gasteiger partial charge >= 0.3 is 12.1 Å². The van der Waals surface area contributed by atoms with E-state index in [2.05, 4.69) is 15.7 Å². The first-order chi connectivity index (χ1) is 19.5. The molecule has 3 N–H and O–H groups in total.